The zero-order valence-electron chi connectivity index (χ0n) is 13.9. The number of benzene rings is 1. The summed E-state index contributed by atoms with van der Waals surface area (Å²) in [6.45, 7) is 5.95. The molecule has 0 saturated carbocycles. The van der Waals surface area contributed by atoms with E-state index in [1.807, 2.05) is 32.9 Å². The van der Waals surface area contributed by atoms with Crippen LogP contribution in [0.2, 0.25) is 0 Å². The summed E-state index contributed by atoms with van der Waals surface area (Å²) >= 11 is 1.15. The lowest BCUT2D eigenvalue weighted by atomic mass is 10.00. The minimum absolute atomic E-state index is 0.193. The number of aromatic nitrogens is 2. The number of fused-ring (bicyclic) bond motifs is 1. The Morgan fingerprint density at radius 3 is 2.71 bits per heavy atom. The molecule has 0 bridgehead atoms. The van der Waals surface area contributed by atoms with Crippen LogP contribution in [0.4, 0.5) is 0 Å². The molecule has 3 rings (SSSR count). The normalized spacial score (nSPS) is 12.7. The van der Waals surface area contributed by atoms with Gasteiger partial charge in [-0.1, -0.05) is 13.8 Å². The average Bonchev–Trinajstić information content (AvgIpc) is 3.01. The van der Waals surface area contributed by atoms with Crippen molar-refractivity contribution >= 4 is 22.5 Å². The fourth-order valence-corrected chi connectivity index (χ4v) is 2.97. The Bertz CT molecular complexity index is 916. The van der Waals surface area contributed by atoms with E-state index < -0.39 is 0 Å². The van der Waals surface area contributed by atoms with Crippen molar-refractivity contribution in [3.8, 4) is 10.9 Å². The Kier molecular flexibility index (Phi) is 4.64. The van der Waals surface area contributed by atoms with E-state index >= 15 is 0 Å². The highest BCUT2D eigenvalue weighted by molar-refractivity contribution is 7.07. The summed E-state index contributed by atoms with van der Waals surface area (Å²) in [6, 6.07) is 6.96. The van der Waals surface area contributed by atoms with E-state index in [1.54, 1.807) is 13.2 Å². The molecule has 0 unspecified atom stereocenters. The number of ether oxygens (including phenoxy) is 2. The zero-order chi connectivity index (χ0) is 17.3. The summed E-state index contributed by atoms with van der Waals surface area (Å²) in [6.07, 6.45) is -0.193. The molecule has 0 amide bonds. The molecule has 2 aromatic heterocycles. The fraction of sp³-hybridized carbons (Fsp3) is 0.353. The topological polar surface area (TPSA) is 74.5 Å². The van der Waals surface area contributed by atoms with E-state index in [1.165, 1.54) is 6.07 Å². The molecular formula is C17H18N2O4S. The van der Waals surface area contributed by atoms with Crippen molar-refractivity contribution in [1.82, 2.24) is 9.36 Å². The first kappa shape index (κ1) is 16.6. The summed E-state index contributed by atoms with van der Waals surface area (Å²) < 4.78 is 20.4. The van der Waals surface area contributed by atoms with Crippen molar-refractivity contribution in [2.45, 2.75) is 32.8 Å². The molecular weight excluding hydrogens is 328 g/mol. The second-order valence-electron chi connectivity index (χ2n) is 5.73. The Morgan fingerprint density at radius 1 is 1.21 bits per heavy atom. The van der Waals surface area contributed by atoms with Crippen LogP contribution in [0, 0.1) is 0 Å². The van der Waals surface area contributed by atoms with Crippen molar-refractivity contribution in [2.75, 3.05) is 7.11 Å². The first-order chi connectivity index (χ1) is 11.5. The monoisotopic (exact) mass is 346 g/mol. The first-order valence-electron chi connectivity index (χ1n) is 7.60. The smallest absolute Gasteiger partial charge is 0.336 e. The SMILES string of the molecule is CO[C@@H](C)c1nsc(Oc2ccc3c(C(C)C)cc(=O)oc3c2)n1. The number of nitrogens with zero attached hydrogens (tertiary/aromatic N) is 2. The van der Waals surface area contributed by atoms with Gasteiger partial charge < -0.3 is 13.9 Å². The number of methoxy groups -OCH3 is 1. The predicted octanol–water partition coefficient (Wildman–Crippen LogP) is 4.27. The summed E-state index contributed by atoms with van der Waals surface area (Å²) in [5.41, 5.74) is 1.09. The van der Waals surface area contributed by atoms with Crippen LogP contribution in [-0.4, -0.2) is 16.5 Å². The first-order valence-corrected chi connectivity index (χ1v) is 8.37. The average molecular weight is 346 g/mol. The van der Waals surface area contributed by atoms with E-state index in [9.17, 15) is 4.79 Å². The highest BCUT2D eigenvalue weighted by atomic mass is 32.1. The third-order valence-corrected chi connectivity index (χ3v) is 4.32. The second-order valence-corrected chi connectivity index (χ2v) is 6.45. The highest BCUT2D eigenvalue weighted by Gasteiger charge is 2.14. The Balaban J connectivity index is 1.94. The Morgan fingerprint density at radius 2 is 2.00 bits per heavy atom. The molecule has 24 heavy (non-hydrogen) atoms. The van der Waals surface area contributed by atoms with Crippen LogP contribution in [0.5, 0.6) is 10.9 Å². The molecule has 0 aliphatic carbocycles. The molecule has 0 spiro atoms. The number of hydrogen-bond acceptors (Lipinski definition) is 7. The Hall–Kier alpha value is -2.25. The molecule has 6 nitrogen and oxygen atoms in total. The minimum Gasteiger partial charge on any atom is -0.430 e. The lowest BCUT2D eigenvalue weighted by Gasteiger charge is -2.09. The van der Waals surface area contributed by atoms with Gasteiger partial charge in [0, 0.05) is 36.2 Å². The summed E-state index contributed by atoms with van der Waals surface area (Å²) in [5.74, 6) is 1.34. The van der Waals surface area contributed by atoms with Gasteiger partial charge in [0.1, 0.15) is 17.4 Å². The van der Waals surface area contributed by atoms with Gasteiger partial charge in [0.15, 0.2) is 5.82 Å². The van der Waals surface area contributed by atoms with Gasteiger partial charge in [-0.25, -0.2) is 4.79 Å². The van der Waals surface area contributed by atoms with Gasteiger partial charge in [-0.15, -0.1) is 0 Å². The van der Waals surface area contributed by atoms with E-state index in [0.29, 0.717) is 22.4 Å². The van der Waals surface area contributed by atoms with Crippen LogP contribution in [0.3, 0.4) is 0 Å². The molecule has 126 valence electrons. The Labute approximate surface area is 143 Å². The summed E-state index contributed by atoms with van der Waals surface area (Å²) in [7, 11) is 1.60. The highest BCUT2D eigenvalue weighted by Crippen LogP contribution is 2.30. The molecule has 0 fully saturated rings. The molecule has 0 aliphatic heterocycles. The number of rotatable bonds is 5. The quantitative estimate of drug-likeness (QED) is 0.642. The molecule has 0 aliphatic rings. The zero-order valence-corrected chi connectivity index (χ0v) is 14.7. The molecule has 7 heteroatoms. The molecule has 0 N–H and O–H groups in total. The molecule has 0 radical (unpaired) electrons. The van der Waals surface area contributed by atoms with Gasteiger partial charge in [-0.2, -0.15) is 9.36 Å². The minimum atomic E-state index is -0.365. The van der Waals surface area contributed by atoms with Crippen LogP contribution in [0.25, 0.3) is 11.0 Å². The van der Waals surface area contributed by atoms with Crippen LogP contribution in [0.15, 0.2) is 33.5 Å². The molecule has 1 atom stereocenters. The van der Waals surface area contributed by atoms with Gasteiger partial charge >= 0.3 is 5.63 Å². The number of hydrogen-bond donors (Lipinski definition) is 0. The van der Waals surface area contributed by atoms with Crippen LogP contribution < -0.4 is 10.4 Å². The molecule has 0 saturated heterocycles. The van der Waals surface area contributed by atoms with Crippen LogP contribution >= 0.6 is 11.5 Å². The van der Waals surface area contributed by atoms with Crippen molar-refractivity contribution in [3.63, 3.8) is 0 Å². The van der Waals surface area contributed by atoms with Crippen molar-refractivity contribution in [2.24, 2.45) is 0 Å². The lowest BCUT2D eigenvalue weighted by molar-refractivity contribution is 0.113. The van der Waals surface area contributed by atoms with Crippen molar-refractivity contribution < 1.29 is 13.9 Å². The predicted molar refractivity (Wildman–Crippen MR) is 92.0 cm³/mol. The van der Waals surface area contributed by atoms with E-state index in [2.05, 4.69) is 9.36 Å². The van der Waals surface area contributed by atoms with Gasteiger partial charge in [-0.05, 0) is 30.5 Å². The van der Waals surface area contributed by atoms with E-state index in [0.717, 1.165) is 22.5 Å². The van der Waals surface area contributed by atoms with Gasteiger partial charge in [0.2, 0.25) is 0 Å². The summed E-state index contributed by atoms with van der Waals surface area (Å²) in [5, 5.41) is 1.32. The third-order valence-electron chi connectivity index (χ3n) is 3.72. The van der Waals surface area contributed by atoms with E-state index in [4.69, 9.17) is 13.9 Å². The maximum Gasteiger partial charge on any atom is 0.336 e. The maximum absolute atomic E-state index is 11.7. The molecule has 3 aromatic rings. The summed E-state index contributed by atoms with van der Waals surface area (Å²) in [4.78, 5) is 16.0. The van der Waals surface area contributed by atoms with Crippen LogP contribution in [0.1, 0.15) is 44.2 Å². The standard InChI is InChI=1S/C17H18N2O4S/c1-9(2)13-8-15(20)23-14-7-11(5-6-12(13)14)22-17-18-16(19-24-17)10(3)21-4/h5-10H,1-4H3/t10-/m0/s1. The van der Waals surface area contributed by atoms with Crippen molar-refractivity contribution in [1.29, 1.82) is 0 Å². The second kappa shape index (κ2) is 6.70. The van der Waals surface area contributed by atoms with E-state index in [-0.39, 0.29) is 17.6 Å². The fourth-order valence-electron chi connectivity index (χ4n) is 2.34. The van der Waals surface area contributed by atoms with Gasteiger partial charge in [0.25, 0.3) is 5.19 Å². The largest absolute Gasteiger partial charge is 0.430 e. The van der Waals surface area contributed by atoms with Crippen LogP contribution in [-0.2, 0) is 4.74 Å². The van der Waals surface area contributed by atoms with Crippen molar-refractivity contribution in [3.05, 3.63) is 46.1 Å². The van der Waals surface area contributed by atoms with Gasteiger partial charge in [0.05, 0.1) is 0 Å². The maximum atomic E-state index is 11.7. The molecule has 2 heterocycles. The third kappa shape index (κ3) is 3.32. The molecule has 1 aromatic carbocycles. The lowest BCUT2D eigenvalue weighted by Crippen LogP contribution is -2.02. The van der Waals surface area contributed by atoms with Gasteiger partial charge in [-0.3, -0.25) is 0 Å².